The molecule has 0 saturated carbocycles. The average molecular weight is 299 g/mol. The number of nitrogens with zero attached hydrogens (tertiary/aromatic N) is 2. The summed E-state index contributed by atoms with van der Waals surface area (Å²) in [5.74, 6) is -0.872. The van der Waals surface area contributed by atoms with E-state index in [9.17, 15) is 14.4 Å². The van der Waals surface area contributed by atoms with Crippen LogP contribution in [0.5, 0.6) is 0 Å². The van der Waals surface area contributed by atoms with E-state index < -0.39 is 23.7 Å². The predicted octanol–water partition coefficient (Wildman–Crippen LogP) is -0.706. The first-order chi connectivity index (χ1) is 9.88. The summed E-state index contributed by atoms with van der Waals surface area (Å²) in [6.07, 6.45) is 0.724. The largest absolute Gasteiger partial charge is 0.463 e. The first-order valence-corrected chi connectivity index (χ1v) is 6.09. The van der Waals surface area contributed by atoms with E-state index in [-0.39, 0.29) is 25.8 Å². The van der Waals surface area contributed by atoms with Crippen molar-refractivity contribution in [2.75, 3.05) is 18.9 Å². The Balaban J connectivity index is 2.60. The molecular formula is C12H17N3O6. The highest BCUT2D eigenvalue weighted by Crippen LogP contribution is 1.99. The van der Waals surface area contributed by atoms with Gasteiger partial charge in [-0.1, -0.05) is 0 Å². The molecule has 0 spiro atoms. The van der Waals surface area contributed by atoms with E-state index in [0.29, 0.717) is 0 Å². The standard InChI is InChI=1S/C12H17N3O6/c1-8(16)19-5-10(6-20-9(2)17)21-7-15-4-3-11(13)14-12(15)18/h3-4,10H,5-7H2,1-2H3,(H2,13,14,18). The molecule has 1 aromatic heterocycles. The molecule has 0 unspecified atom stereocenters. The van der Waals surface area contributed by atoms with Crippen molar-refractivity contribution < 1.29 is 23.8 Å². The van der Waals surface area contributed by atoms with Crippen LogP contribution in [0.2, 0.25) is 0 Å². The van der Waals surface area contributed by atoms with Crippen molar-refractivity contribution in [3.8, 4) is 0 Å². The molecule has 21 heavy (non-hydrogen) atoms. The maximum Gasteiger partial charge on any atom is 0.351 e. The lowest BCUT2D eigenvalue weighted by Gasteiger charge is -2.17. The van der Waals surface area contributed by atoms with Gasteiger partial charge in [-0.15, -0.1) is 0 Å². The third kappa shape index (κ3) is 6.52. The Morgan fingerprint density at radius 2 is 1.86 bits per heavy atom. The summed E-state index contributed by atoms with van der Waals surface area (Å²) in [4.78, 5) is 36.6. The molecule has 0 radical (unpaired) electrons. The number of esters is 2. The quantitative estimate of drug-likeness (QED) is 0.655. The van der Waals surface area contributed by atoms with Crippen LogP contribution in [0.3, 0.4) is 0 Å². The van der Waals surface area contributed by atoms with E-state index in [1.807, 2.05) is 0 Å². The number of anilines is 1. The second-order valence-electron chi connectivity index (χ2n) is 4.13. The lowest BCUT2D eigenvalue weighted by atomic mass is 10.4. The third-order valence-electron chi connectivity index (χ3n) is 2.29. The van der Waals surface area contributed by atoms with Crippen molar-refractivity contribution in [2.24, 2.45) is 0 Å². The first kappa shape index (κ1) is 16.6. The molecule has 0 amide bonds. The molecule has 0 aliphatic heterocycles. The van der Waals surface area contributed by atoms with Gasteiger partial charge in [-0.25, -0.2) is 4.79 Å². The van der Waals surface area contributed by atoms with Gasteiger partial charge in [0.15, 0.2) is 0 Å². The zero-order valence-corrected chi connectivity index (χ0v) is 11.8. The molecule has 1 rings (SSSR count). The van der Waals surface area contributed by atoms with Crippen molar-refractivity contribution in [1.82, 2.24) is 9.55 Å². The minimum absolute atomic E-state index is 0.0975. The van der Waals surface area contributed by atoms with Gasteiger partial charge in [0.05, 0.1) is 0 Å². The van der Waals surface area contributed by atoms with Gasteiger partial charge in [0, 0.05) is 20.0 Å². The Morgan fingerprint density at radius 1 is 1.29 bits per heavy atom. The van der Waals surface area contributed by atoms with Gasteiger partial charge in [-0.3, -0.25) is 14.2 Å². The zero-order chi connectivity index (χ0) is 15.8. The van der Waals surface area contributed by atoms with E-state index in [1.165, 1.54) is 30.7 Å². The lowest BCUT2D eigenvalue weighted by molar-refractivity contribution is -0.154. The van der Waals surface area contributed by atoms with Crippen LogP contribution in [-0.2, 0) is 30.5 Å². The fourth-order valence-corrected chi connectivity index (χ4v) is 1.29. The highest BCUT2D eigenvalue weighted by Gasteiger charge is 2.14. The third-order valence-corrected chi connectivity index (χ3v) is 2.29. The summed E-state index contributed by atoms with van der Waals surface area (Å²) in [6.45, 7) is 2.16. The Morgan fingerprint density at radius 3 is 2.33 bits per heavy atom. The summed E-state index contributed by atoms with van der Waals surface area (Å²) in [6, 6.07) is 1.44. The molecule has 1 heterocycles. The van der Waals surface area contributed by atoms with E-state index in [4.69, 9.17) is 19.9 Å². The van der Waals surface area contributed by atoms with Gasteiger partial charge in [-0.2, -0.15) is 4.98 Å². The van der Waals surface area contributed by atoms with E-state index in [2.05, 4.69) is 4.98 Å². The number of rotatable bonds is 7. The van der Waals surface area contributed by atoms with Gasteiger partial charge in [-0.05, 0) is 6.07 Å². The Labute approximate surface area is 120 Å². The summed E-state index contributed by atoms with van der Waals surface area (Å²) in [7, 11) is 0. The SMILES string of the molecule is CC(=O)OCC(COC(C)=O)OCn1ccc(N)nc1=O. The molecule has 2 N–H and O–H groups in total. The Bertz CT molecular complexity index is 538. The van der Waals surface area contributed by atoms with Crippen LogP contribution in [0.1, 0.15) is 13.8 Å². The molecule has 0 aliphatic rings. The van der Waals surface area contributed by atoms with Gasteiger partial charge < -0.3 is 19.9 Å². The number of nitrogen functional groups attached to an aromatic ring is 1. The van der Waals surface area contributed by atoms with Crippen LogP contribution in [0.4, 0.5) is 5.82 Å². The predicted molar refractivity (Wildman–Crippen MR) is 71.0 cm³/mol. The van der Waals surface area contributed by atoms with Crippen LogP contribution in [-0.4, -0.2) is 40.8 Å². The molecule has 116 valence electrons. The van der Waals surface area contributed by atoms with Crippen LogP contribution in [0, 0.1) is 0 Å². The van der Waals surface area contributed by atoms with Crippen molar-refractivity contribution in [3.05, 3.63) is 22.7 Å². The van der Waals surface area contributed by atoms with Gasteiger partial charge in [0.2, 0.25) is 0 Å². The van der Waals surface area contributed by atoms with Crippen LogP contribution in [0.15, 0.2) is 17.1 Å². The number of carbonyl (C=O) groups is 2. The Kier molecular flexibility index (Phi) is 6.34. The lowest BCUT2D eigenvalue weighted by Crippen LogP contribution is -2.31. The van der Waals surface area contributed by atoms with Crippen LogP contribution < -0.4 is 11.4 Å². The Hall–Kier alpha value is -2.42. The molecule has 9 nitrogen and oxygen atoms in total. The van der Waals surface area contributed by atoms with Crippen molar-refractivity contribution in [1.29, 1.82) is 0 Å². The van der Waals surface area contributed by atoms with Crippen LogP contribution >= 0.6 is 0 Å². The fraction of sp³-hybridized carbons (Fsp3) is 0.500. The number of aromatic nitrogens is 2. The number of hydrogen-bond acceptors (Lipinski definition) is 8. The second kappa shape index (κ2) is 8.00. The van der Waals surface area contributed by atoms with Gasteiger partial charge in [0.25, 0.3) is 0 Å². The highest BCUT2D eigenvalue weighted by molar-refractivity contribution is 5.66. The van der Waals surface area contributed by atoms with Crippen molar-refractivity contribution >= 4 is 17.8 Å². The minimum atomic E-state index is -0.692. The monoisotopic (exact) mass is 299 g/mol. The molecule has 9 heteroatoms. The van der Waals surface area contributed by atoms with Gasteiger partial charge >= 0.3 is 17.6 Å². The fourth-order valence-electron chi connectivity index (χ4n) is 1.29. The summed E-state index contributed by atoms with van der Waals surface area (Å²) in [5.41, 5.74) is 4.79. The first-order valence-electron chi connectivity index (χ1n) is 6.09. The van der Waals surface area contributed by atoms with E-state index in [0.717, 1.165) is 0 Å². The maximum atomic E-state index is 11.5. The number of carbonyl (C=O) groups excluding carboxylic acids is 2. The number of hydrogen-bond donors (Lipinski definition) is 1. The summed E-state index contributed by atoms with van der Waals surface area (Å²) < 4.78 is 16.1. The minimum Gasteiger partial charge on any atom is -0.463 e. The van der Waals surface area contributed by atoms with Gasteiger partial charge in [0.1, 0.15) is 31.9 Å². The molecule has 0 bridgehead atoms. The molecule has 0 aromatic carbocycles. The smallest absolute Gasteiger partial charge is 0.351 e. The maximum absolute atomic E-state index is 11.5. The molecule has 0 fully saturated rings. The molecule has 0 atom stereocenters. The molecule has 0 saturated heterocycles. The highest BCUT2D eigenvalue weighted by atomic mass is 16.6. The van der Waals surface area contributed by atoms with E-state index in [1.54, 1.807) is 0 Å². The summed E-state index contributed by atoms with van der Waals surface area (Å²) in [5, 5.41) is 0. The molecule has 0 aliphatic carbocycles. The topological polar surface area (TPSA) is 123 Å². The average Bonchev–Trinajstić information content (AvgIpc) is 2.39. The number of ether oxygens (including phenoxy) is 3. The normalized spacial score (nSPS) is 10.4. The molecule has 1 aromatic rings. The van der Waals surface area contributed by atoms with E-state index >= 15 is 0 Å². The second-order valence-corrected chi connectivity index (χ2v) is 4.13. The van der Waals surface area contributed by atoms with Crippen LogP contribution in [0.25, 0.3) is 0 Å². The molecular weight excluding hydrogens is 282 g/mol. The number of nitrogens with two attached hydrogens (primary N) is 1. The van der Waals surface area contributed by atoms with Crippen molar-refractivity contribution in [2.45, 2.75) is 26.7 Å². The summed E-state index contributed by atoms with van der Waals surface area (Å²) >= 11 is 0. The van der Waals surface area contributed by atoms with Crippen molar-refractivity contribution in [3.63, 3.8) is 0 Å². The zero-order valence-electron chi connectivity index (χ0n) is 11.8.